The van der Waals surface area contributed by atoms with Gasteiger partial charge in [-0.3, -0.25) is 14.3 Å². The van der Waals surface area contributed by atoms with Crippen LogP contribution in [0.15, 0.2) is 6.07 Å². The molecule has 20 heavy (non-hydrogen) atoms. The molecule has 5 heteroatoms. The van der Waals surface area contributed by atoms with Gasteiger partial charge in [-0.05, 0) is 31.7 Å². The zero-order valence-electron chi connectivity index (χ0n) is 12.3. The van der Waals surface area contributed by atoms with Crippen molar-refractivity contribution in [2.75, 3.05) is 0 Å². The molecule has 2 N–H and O–H groups in total. The van der Waals surface area contributed by atoms with E-state index in [9.17, 15) is 9.59 Å². The molecule has 2 rings (SSSR count). The molecular formula is C15H23N3O2. The van der Waals surface area contributed by atoms with Crippen LogP contribution in [-0.2, 0) is 17.8 Å². The maximum Gasteiger partial charge on any atom is 0.266 e. The van der Waals surface area contributed by atoms with E-state index in [4.69, 9.17) is 5.73 Å². The van der Waals surface area contributed by atoms with Crippen LogP contribution in [0.3, 0.4) is 0 Å². The molecule has 0 aliphatic heterocycles. The summed E-state index contributed by atoms with van der Waals surface area (Å²) in [6.07, 6.45) is 4.54. The number of amides is 1. The molecule has 0 radical (unpaired) electrons. The number of Topliss-reactive ketones (excluding diaryl/α,β-unsaturated/α-hetero) is 1. The Morgan fingerprint density at radius 1 is 1.35 bits per heavy atom. The van der Waals surface area contributed by atoms with Gasteiger partial charge in [0.1, 0.15) is 11.5 Å². The van der Waals surface area contributed by atoms with Crippen molar-refractivity contribution in [1.29, 1.82) is 0 Å². The lowest BCUT2D eigenvalue weighted by atomic mass is 9.80. The average Bonchev–Trinajstić information content (AvgIpc) is 2.82. The first-order valence-electron chi connectivity index (χ1n) is 7.40. The van der Waals surface area contributed by atoms with Gasteiger partial charge >= 0.3 is 0 Å². The number of aromatic nitrogens is 2. The number of carbonyl (C=O) groups is 2. The number of nitrogens with two attached hydrogens (primary N) is 1. The van der Waals surface area contributed by atoms with Crippen LogP contribution in [0.4, 0.5) is 0 Å². The van der Waals surface area contributed by atoms with Gasteiger partial charge in [0.2, 0.25) is 0 Å². The lowest BCUT2D eigenvalue weighted by Gasteiger charge is -2.24. The molecule has 1 heterocycles. The summed E-state index contributed by atoms with van der Waals surface area (Å²) < 4.78 is 1.56. The molecule has 0 saturated heterocycles. The van der Waals surface area contributed by atoms with Crippen LogP contribution in [0.2, 0.25) is 0 Å². The standard InChI is InChI=1S/C15H23N3O2/c1-3-18-13(15(16)20)8-12(17-18)9-14(19)11-6-4-10(2)5-7-11/h8,10-11H,3-7,9H2,1-2H3,(H2,16,20). The van der Waals surface area contributed by atoms with Crippen LogP contribution in [0.5, 0.6) is 0 Å². The minimum atomic E-state index is -0.496. The Labute approximate surface area is 119 Å². The molecule has 1 aromatic heterocycles. The third-order valence-corrected chi connectivity index (χ3v) is 4.21. The average molecular weight is 277 g/mol. The van der Waals surface area contributed by atoms with E-state index in [0.717, 1.165) is 31.6 Å². The van der Waals surface area contributed by atoms with Crippen molar-refractivity contribution in [1.82, 2.24) is 9.78 Å². The summed E-state index contributed by atoms with van der Waals surface area (Å²) in [7, 11) is 0. The largest absolute Gasteiger partial charge is 0.364 e. The predicted octanol–water partition coefficient (Wildman–Crippen LogP) is 1.94. The van der Waals surface area contributed by atoms with E-state index in [0.29, 0.717) is 24.4 Å². The van der Waals surface area contributed by atoms with Gasteiger partial charge in [0.25, 0.3) is 5.91 Å². The number of primary amides is 1. The van der Waals surface area contributed by atoms with Gasteiger partial charge < -0.3 is 5.73 Å². The molecule has 1 aromatic rings. The predicted molar refractivity (Wildman–Crippen MR) is 76.3 cm³/mol. The molecule has 1 saturated carbocycles. The van der Waals surface area contributed by atoms with Crippen LogP contribution >= 0.6 is 0 Å². The smallest absolute Gasteiger partial charge is 0.266 e. The first kappa shape index (κ1) is 14.8. The van der Waals surface area contributed by atoms with E-state index in [2.05, 4.69) is 12.0 Å². The zero-order chi connectivity index (χ0) is 14.7. The quantitative estimate of drug-likeness (QED) is 0.893. The van der Waals surface area contributed by atoms with Crippen molar-refractivity contribution in [3.63, 3.8) is 0 Å². The summed E-state index contributed by atoms with van der Waals surface area (Å²) in [6, 6.07) is 1.65. The molecule has 1 aliphatic carbocycles. The topological polar surface area (TPSA) is 78.0 Å². The molecule has 1 aliphatic rings. The number of rotatable bonds is 5. The van der Waals surface area contributed by atoms with E-state index in [1.165, 1.54) is 0 Å². The highest BCUT2D eigenvalue weighted by molar-refractivity contribution is 5.91. The first-order valence-corrected chi connectivity index (χ1v) is 7.40. The second-order valence-corrected chi connectivity index (χ2v) is 5.80. The fraction of sp³-hybridized carbons (Fsp3) is 0.667. The molecule has 0 unspecified atom stereocenters. The molecule has 1 fully saturated rings. The summed E-state index contributed by atoms with van der Waals surface area (Å²) in [5.74, 6) is 0.646. The van der Waals surface area contributed by atoms with Crippen molar-refractivity contribution in [3.8, 4) is 0 Å². The molecule has 1 amide bonds. The third kappa shape index (κ3) is 3.26. The van der Waals surface area contributed by atoms with Crippen LogP contribution in [0.1, 0.15) is 55.7 Å². The number of ketones is 1. The monoisotopic (exact) mass is 277 g/mol. The number of aryl methyl sites for hydroxylation is 1. The van der Waals surface area contributed by atoms with Gasteiger partial charge in [-0.2, -0.15) is 5.10 Å². The van der Waals surface area contributed by atoms with Crippen LogP contribution < -0.4 is 5.73 Å². The minimum absolute atomic E-state index is 0.162. The summed E-state index contributed by atoms with van der Waals surface area (Å²) in [4.78, 5) is 23.6. The van der Waals surface area contributed by atoms with Crippen molar-refractivity contribution in [2.24, 2.45) is 17.6 Å². The van der Waals surface area contributed by atoms with Crippen LogP contribution in [-0.4, -0.2) is 21.5 Å². The number of hydrogen-bond donors (Lipinski definition) is 1. The maximum atomic E-state index is 12.3. The van der Waals surface area contributed by atoms with Gasteiger partial charge in [0.05, 0.1) is 12.1 Å². The minimum Gasteiger partial charge on any atom is -0.364 e. The highest BCUT2D eigenvalue weighted by atomic mass is 16.1. The fourth-order valence-electron chi connectivity index (χ4n) is 2.90. The van der Waals surface area contributed by atoms with E-state index < -0.39 is 5.91 Å². The Balaban J connectivity index is 2.02. The molecule has 5 nitrogen and oxygen atoms in total. The fourth-order valence-corrected chi connectivity index (χ4v) is 2.90. The Morgan fingerprint density at radius 2 is 2.00 bits per heavy atom. The van der Waals surface area contributed by atoms with Gasteiger partial charge in [0, 0.05) is 12.5 Å². The Bertz CT molecular complexity index is 499. The second-order valence-electron chi connectivity index (χ2n) is 5.80. The van der Waals surface area contributed by atoms with E-state index in [-0.39, 0.29) is 11.7 Å². The van der Waals surface area contributed by atoms with Crippen LogP contribution in [0.25, 0.3) is 0 Å². The van der Waals surface area contributed by atoms with Crippen LogP contribution in [0, 0.1) is 11.8 Å². The third-order valence-electron chi connectivity index (χ3n) is 4.21. The number of carbonyl (C=O) groups excluding carboxylic acids is 2. The van der Waals surface area contributed by atoms with Gasteiger partial charge in [-0.1, -0.05) is 19.8 Å². The van der Waals surface area contributed by atoms with E-state index >= 15 is 0 Å². The van der Waals surface area contributed by atoms with E-state index in [1.54, 1.807) is 10.7 Å². The Morgan fingerprint density at radius 3 is 2.50 bits per heavy atom. The molecule has 0 aromatic carbocycles. The zero-order valence-corrected chi connectivity index (χ0v) is 12.3. The summed E-state index contributed by atoms with van der Waals surface area (Å²) in [5, 5.41) is 4.29. The molecule has 0 atom stereocenters. The SMILES string of the molecule is CCn1nc(CC(=O)C2CCC(C)CC2)cc1C(N)=O. The summed E-state index contributed by atoms with van der Waals surface area (Å²) in [6.45, 7) is 4.71. The van der Waals surface area contributed by atoms with E-state index in [1.807, 2.05) is 6.92 Å². The summed E-state index contributed by atoms with van der Waals surface area (Å²) >= 11 is 0. The number of nitrogens with zero attached hydrogens (tertiary/aromatic N) is 2. The number of hydrogen-bond acceptors (Lipinski definition) is 3. The Kier molecular flexibility index (Phi) is 4.57. The molecular weight excluding hydrogens is 254 g/mol. The summed E-state index contributed by atoms with van der Waals surface area (Å²) in [5.41, 5.74) is 6.35. The molecule has 0 spiro atoms. The van der Waals surface area contributed by atoms with Crippen molar-refractivity contribution < 1.29 is 9.59 Å². The van der Waals surface area contributed by atoms with Gasteiger partial charge in [-0.15, -0.1) is 0 Å². The maximum absolute atomic E-state index is 12.3. The first-order chi connectivity index (χ1) is 9.51. The lowest BCUT2D eigenvalue weighted by molar-refractivity contribution is -0.123. The Hall–Kier alpha value is -1.65. The van der Waals surface area contributed by atoms with Crippen molar-refractivity contribution >= 4 is 11.7 Å². The van der Waals surface area contributed by atoms with Crippen molar-refractivity contribution in [2.45, 2.75) is 52.5 Å². The highest BCUT2D eigenvalue weighted by Gasteiger charge is 2.25. The second kappa shape index (κ2) is 6.20. The van der Waals surface area contributed by atoms with Crippen molar-refractivity contribution in [3.05, 3.63) is 17.5 Å². The molecule has 110 valence electrons. The lowest BCUT2D eigenvalue weighted by Crippen LogP contribution is -2.22. The van der Waals surface area contributed by atoms with Gasteiger partial charge in [-0.25, -0.2) is 0 Å². The highest BCUT2D eigenvalue weighted by Crippen LogP contribution is 2.29. The molecule has 0 bridgehead atoms. The normalized spacial score (nSPS) is 22.7. The van der Waals surface area contributed by atoms with Gasteiger partial charge in [0.15, 0.2) is 0 Å².